The molecule has 0 radical (unpaired) electrons. The molecule has 0 aromatic carbocycles. The summed E-state index contributed by atoms with van der Waals surface area (Å²) in [5.41, 5.74) is 0.874. The minimum Gasteiger partial charge on any atom is -0.318 e. The first-order valence-electron chi connectivity index (χ1n) is 7.96. The minimum absolute atomic E-state index is 0.00736. The highest BCUT2D eigenvalue weighted by molar-refractivity contribution is 6.27. The smallest absolute Gasteiger partial charge is 0.251 e. The maximum absolute atomic E-state index is 13.0. The molecule has 0 saturated heterocycles. The number of H-pyrrole nitrogens is 1. The van der Waals surface area contributed by atoms with E-state index in [1.165, 1.54) is 16.7 Å². The predicted octanol–water partition coefficient (Wildman–Crippen LogP) is 1.34. The van der Waals surface area contributed by atoms with Crippen LogP contribution in [0.25, 0.3) is 0 Å². The van der Waals surface area contributed by atoms with Crippen LogP contribution in [0.1, 0.15) is 56.1 Å². The number of fused-ring (bicyclic) bond motifs is 2. The first kappa shape index (κ1) is 14.8. The Labute approximate surface area is 137 Å². The Kier molecular flexibility index (Phi) is 3.00. The first-order chi connectivity index (χ1) is 11.4. The highest BCUT2D eigenvalue weighted by atomic mass is 16.2. The van der Waals surface area contributed by atoms with Crippen molar-refractivity contribution < 1.29 is 9.59 Å². The third-order valence-electron chi connectivity index (χ3n) is 4.78. The molecule has 0 bridgehead atoms. The van der Waals surface area contributed by atoms with Crippen LogP contribution < -0.4 is 11.1 Å². The molecule has 1 fully saturated rings. The fourth-order valence-corrected chi connectivity index (χ4v) is 3.42. The van der Waals surface area contributed by atoms with Crippen LogP contribution in [-0.4, -0.2) is 21.1 Å². The second kappa shape index (κ2) is 4.87. The van der Waals surface area contributed by atoms with Crippen molar-refractivity contribution in [1.82, 2.24) is 9.55 Å². The van der Waals surface area contributed by atoms with Crippen LogP contribution in [0.4, 0.5) is 0 Å². The third-order valence-corrected chi connectivity index (χ3v) is 4.78. The Morgan fingerprint density at radius 1 is 1.00 bits per heavy atom. The van der Waals surface area contributed by atoms with Crippen molar-refractivity contribution in [3.63, 3.8) is 0 Å². The summed E-state index contributed by atoms with van der Waals surface area (Å²) in [7, 11) is 0. The molecule has 0 aliphatic heterocycles. The molecule has 2 aliphatic rings. The zero-order valence-corrected chi connectivity index (χ0v) is 13.4. The van der Waals surface area contributed by atoms with Crippen molar-refractivity contribution in [2.24, 2.45) is 5.92 Å². The quantitative estimate of drug-likeness (QED) is 0.770. The van der Waals surface area contributed by atoms with Gasteiger partial charge in [0.1, 0.15) is 11.4 Å². The molecule has 2 heterocycles. The van der Waals surface area contributed by atoms with E-state index in [1.54, 1.807) is 13.8 Å². The molecule has 1 N–H and O–H groups in total. The summed E-state index contributed by atoms with van der Waals surface area (Å²) in [6.45, 7) is 3.74. The standard InChI is InChI=1S/C18H16N2O4/c1-8-5-11(21)19-15-13(8)17(23)14-9(2)6-12(22)20(7-10-3-4-10)16(14)18(15)24/h5-6,10H,3-4,7H2,1-2H3,(H,19,21). The van der Waals surface area contributed by atoms with E-state index >= 15 is 0 Å². The molecule has 4 rings (SSSR count). The molecule has 0 spiro atoms. The number of aromatic amines is 1. The molecule has 6 heteroatoms. The van der Waals surface area contributed by atoms with Crippen LogP contribution in [0.15, 0.2) is 21.7 Å². The van der Waals surface area contributed by atoms with Crippen molar-refractivity contribution >= 4 is 11.6 Å². The van der Waals surface area contributed by atoms with Crippen molar-refractivity contribution in [1.29, 1.82) is 0 Å². The summed E-state index contributed by atoms with van der Waals surface area (Å²) >= 11 is 0. The fraction of sp³-hybridized carbons (Fsp3) is 0.333. The Balaban J connectivity index is 2.06. The SMILES string of the molecule is Cc1cc(=O)[nH]c2c1C(=O)c1c(C)cc(=O)n(CC3CC3)c1C2=O. The van der Waals surface area contributed by atoms with E-state index in [0.29, 0.717) is 23.6 Å². The number of carbonyl (C=O) groups excluding carboxylic acids is 2. The molecule has 122 valence electrons. The lowest BCUT2D eigenvalue weighted by Crippen LogP contribution is -2.36. The lowest BCUT2D eigenvalue weighted by atomic mass is 9.85. The van der Waals surface area contributed by atoms with E-state index < -0.39 is 11.3 Å². The second-order valence-electron chi connectivity index (χ2n) is 6.67. The molecule has 2 aromatic heterocycles. The van der Waals surface area contributed by atoms with Gasteiger partial charge in [-0.15, -0.1) is 0 Å². The minimum atomic E-state index is -0.457. The van der Waals surface area contributed by atoms with E-state index in [4.69, 9.17) is 0 Å². The Morgan fingerprint density at radius 2 is 1.67 bits per heavy atom. The van der Waals surface area contributed by atoms with Gasteiger partial charge in [0.2, 0.25) is 11.3 Å². The number of ketones is 2. The molecular formula is C18H16N2O4. The Bertz CT molecular complexity index is 1040. The van der Waals surface area contributed by atoms with Gasteiger partial charge in [-0.05, 0) is 43.7 Å². The van der Waals surface area contributed by atoms with Crippen LogP contribution in [0, 0.1) is 19.8 Å². The largest absolute Gasteiger partial charge is 0.318 e. The van der Waals surface area contributed by atoms with Crippen LogP contribution in [0.3, 0.4) is 0 Å². The number of hydrogen-bond donors (Lipinski definition) is 1. The molecule has 6 nitrogen and oxygen atoms in total. The van der Waals surface area contributed by atoms with Gasteiger partial charge in [0, 0.05) is 18.7 Å². The lowest BCUT2D eigenvalue weighted by molar-refractivity contribution is 0.0965. The first-order valence-corrected chi connectivity index (χ1v) is 7.96. The van der Waals surface area contributed by atoms with Gasteiger partial charge in [-0.2, -0.15) is 0 Å². The summed E-state index contributed by atoms with van der Waals surface area (Å²) in [5.74, 6) is -0.396. The van der Waals surface area contributed by atoms with Gasteiger partial charge in [0.25, 0.3) is 5.56 Å². The number of pyridine rings is 2. The topological polar surface area (TPSA) is 89.0 Å². The highest BCUT2D eigenvalue weighted by Crippen LogP contribution is 2.33. The molecule has 0 unspecified atom stereocenters. The molecule has 24 heavy (non-hydrogen) atoms. The molecule has 0 atom stereocenters. The number of rotatable bonds is 2. The predicted molar refractivity (Wildman–Crippen MR) is 86.8 cm³/mol. The zero-order chi connectivity index (χ0) is 17.2. The summed E-state index contributed by atoms with van der Waals surface area (Å²) in [6.07, 6.45) is 2.04. The van der Waals surface area contributed by atoms with Crippen molar-refractivity contribution in [3.05, 3.63) is 66.5 Å². The maximum atomic E-state index is 13.0. The van der Waals surface area contributed by atoms with E-state index in [9.17, 15) is 19.2 Å². The van der Waals surface area contributed by atoms with Gasteiger partial charge in [0.15, 0.2) is 5.78 Å². The van der Waals surface area contributed by atoms with Gasteiger partial charge >= 0.3 is 0 Å². The molecule has 2 aliphatic carbocycles. The monoisotopic (exact) mass is 324 g/mol. The third kappa shape index (κ3) is 2.02. The van der Waals surface area contributed by atoms with Gasteiger partial charge in [-0.25, -0.2) is 0 Å². The van der Waals surface area contributed by atoms with Gasteiger partial charge in [-0.1, -0.05) is 0 Å². The molecular weight excluding hydrogens is 308 g/mol. The average Bonchev–Trinajstić information content (AvgIpc) is 3.30. The van der Waals surface area contributed by atoms with Crippen LogP contribution in [0.2, 0.25) is 0 Å². The van der Waals surface area contributed by atoms with E-state index in [1.807, 2.05) is 0 Å². The maximum Gasteiger partial charge on any atom is 0.251 e. The Morgan fingerprint density at radius 3 is 2.33 bits per heavy atom. The van der Waals surface area contributed by atoms with Crippen molar-refractivity contribution in [3.8, 4) is 0 Å². The summed E-state index contributed by atoms with van der Waals surface area (Å²) in [5, 5.41) is 0. The Hall–Kier alpha value is -2.76. The average molecular weight is 324 g/mol. The number of aromatic nitrogens is 2. The van der Waals surface area contributed by atoms with E-state index in [-0.39, 0.29) is 33.9 Å². The van der Waals surface area contributed by atoms with E-state index in [2.05, 4.69) is 4.98 Å². The number of hydrogen-bond acceptors (Lipinski definition) is 4. The van der Waals surface area contributed by atoms with Crippen molar-refractivity contribution in [2.75, 3.05) is 0 Å². The number of nitrogens with one attached hydrogen (secondary N) is 1. The van der Waals surface area contributed by atoms with Gasteiger partial charge in [-0.3, -0.25) is 19.2 Å². The second-order valence-corrected chi connectivity index (χ2v) is 6.67. The lowest BCUT2D eigenvalue weighted by Gasteiger charge is -2.23. The van der Waals surface area contributed by atoms with Crippen LogP contribution in [0.5, 0.6) is 0 Å². The highest BCUT2D eigenvalue weighted by Gasteiger charge is 2.37. The summed E-state index contributed by atoms with van der Waals surface area (Å²) in [4.78, 5) is 52.6. The number of nitrogens with zero attached hydrogens (tertiary/aromatic N) is 1. The normalized spacial score (nSPS) is 16.1. The molecule has 1 saturated carbocycles. The van der Waals surface area contributed by atoms with Gasteiger partial charge in [0.05, 0.1) is 11.1 Å². The van der Waals surface area contributed by atoms with Crippen LogP contribution in [-0.2, 0) is 6.54 Å². The summed E-state index contributed by atoms with van der Waals surface area (Å²) < 4.78 is 1.41. The number of aryl methyl sites for hydroxylation is 2. The summed E-state index contributed by atoms with van der Waals surface area (Å²) in [6, 6.07) is 2.73. The van der Waals surface area contributed by atoms with E-state index in [0.717, 1.165) is 12.8 Å². The zero-order valence-electron chi connectivity index (χ0n) is 13.4. The molecule has 0 amide bonds. The number of carbonyl (C=O) groups is 2. The van der Waals surface area contributed by atoms with Crippen LogP contribution >= 0.6 is 0 Å². The molecule has 2 aromatic rings. The fourth-order valence-electron chi connectivity index (χ4n) is 3.42. The van der Waals surface area contributed by atoms with Gasteiger partial charge < -0.3 is 9.55 Å². The van der Waals surface area contributed by atoms with Crippen molar-refractivity contribution in [2.45, 2.75) is 33.2 Å².